The summed E-state index contributed by atoms with van der Waals surface area (Å²) in [5.74, 6) is -3.32. The van der Waals surface area contributed by atoms with Crippen LogP contribution in [0.5, 0.6) is 5.75 Å². The SMILES string of the molecule is COC(=O)C(C)(C)CCOc1c(F)cc(C(C)=O)cc1F. The number of Topliss-reactive ketones (excluding diaryl/α,β-unsaturated/α-hetero) is 1. The molecular formula is C15H18F2O4. The van der Waals surface area contributed by atoms with Crippen LogP contribution in [0.1, 0.15) is 37.6 Å². The summed E-state index contributed by atoms with van der Waals surface area (Å²) in [5, 5.41) is 0. The minimum Gasteiger partial charge on any atom is -0.488 e. The van der Waals surface area contributed by atoms with E-state index in [1.165, 1.54) is 14.0 Å². The maximum Gasteiger partial charge on any atom is 0.311 e. The Hall–Kier alpha value is -1.98. The van der Waals surface area contributed by atoms with E-state index >= 15 is 0 Å². The molecule has 0 radical (unpaired) electrons. The van der Waals surface area contributed by atoms with Gasteiger partial charge in [0.05, 0.1) is 19.1 Å². The summed E-state index contributed by atoms with van der Waals surface area (Å²) in [5.41, 5.74) is -0.881. The summed E-state index contributed by atoms with van der Waals surface area (Å²) in [4.78, 5) is 22.6. The van der Waals surface area contributed by atoms with Crippen LogP contribution in [0.25, 0.3) is 0 Å². The van der Waals surface area contributed by atoms with Crippen LogP contribution in [-0.2, 0) is 9.53 Å². The second-order valence-electron chi connectivity index (χ2n) is 5.30. The predicted molar refractivity (Wildman–Crippen MR) is 72.3 cm³/mol. The summed E-state index contributed by atoms with van der Waals surface area (Å²) in [6.45, 7) is 4.45. The second-order valence-corrected chi connectivity index (χ2v) is 5.30. The van der Waals surface area contributed by atoms with Crippen molar-refractivity contribution in [3.05, 3.63) is 29.3 Å². The number of hydrogen-bond acceptors (Lipinski definition) is 4. The molecule has 116 valence electrons. The maximum absolute atomic E-state index is 13.7. The van der Waals surface area contributed by atoms with E-state index in [0.717, 1.165) is 12.1 Å². The van der Waals surface area contributed by atoms with Crippen molar-refractivity contribution in [1.82, 2.24) is 0 Å². The van der Waals surface area contributed by atoms with Gasteiger partial charge in [0, 0.05) is 5.56 Å². The molecule has 0 aliphatic rings. The first-order valence-electron chi connectivity index (χ1n) is 6.40. The van der Waals surface area contributed by atoms with Gasteiger partial charge in [-0.05, 0) is 39.3 Å². The van der Waals surface area contributed by atoms with Gasteiger partial charge in [0.25, 0.3) is 0 Å². The van der Waals surface area contributed by atoms with Crippen molar-refractivity contribution in [1.29, 1.82) is 0 Å². The number of carbonyl (C=O) groups excluding carboxylic acids is 2. The second kappa shape index (κ2) is 6.65. The highest BCUT2D eigenvalue weighted by molar-refractivity contribution is 5.94. The van der Waals surface area contributed by atoms with E-state index in [-0.39, 0.29) is 18.6 Å². The lowest BCUT2D eigenvalue weighted by Gasteiger charge is -2.21. The molecule has 1 aromatic rings. The number of benzene rings is 1. The monoisotopic (exact) mass is 300 g/mol. The Morgan fingerprint density at radius 3 is 2.14 bits per heavy atom. The molecule has 0 bridgehead atoms. The van der Waals surface area contributed by atoms with E-state index in [2.05, 4.69) is 4.74 Å². The van der Waals surface area contributed by atoms with Crippen LogP contribution in [0, 0.1) is 17.0 Å². The highest BCUT2D eigenvalue weighted by atomic mass is 19.1. The first-order chi connectivity index (χ1) is 9.69. The van der Waals surface area contributed by atoms with Crippen molar-refractivity contribution in [3.63, 3.8) is 0 Å². The Morgan fingerprint density at radius 1 is 1.19 bits per heavy atom. The maximum atomic E-state index is 13.7. The number of carbonyl (C=O) groups is 2. The van der Waals surface area contributed by atoms with Crippen molar-refractivity contribution in [2.24, 2.45) is 5.41 Å². The van der Waals surface area contributed by atoms with Crippen LogP contribution in [0.3, 0.4) is 0 Å². The number of halogens is 2. The fourth-order valence-electron chi connectivity index (χ4n) is 1.69. The van der Waals surface area contributed by atoms with Crippen molar-refractivity contribution in [3.8, 4) is 5.75 Å². The van der Waals surface area contributed by atoms with Crippen LogP contribution < -0.4 is 4.74 Å². The van der Waals surface area contributed by atoms with E-state index in [0.29, 0.717) is 0 Å². The fourth-order valence-corrected chi connectivity index (χ4v) is 1.69. The van der Waals surface area contributed by atoms with Gasteiger partial charge in [0.15, 0.2) is 23.2 Å². The third-order valence-electron chi connectivity index (χ3n) is 3.12. The van der Waals surface area contributed by atoms with Crippen LogP contribution in [0.4, 0.5) is 8.78 Å². The highest BCUT2D eigenvalue weighted by Crippen LogP contribution is 2.26. The number of methoxy groups -OCH3 is 1. The van der Waals surface area contributed by atoms with E-state index < -0.39 is 34.6 Å². The van der Waals surface area contributed by atoms with Crippen LogP contribution in [0.15, 0.2) is 12.1 Å². The lowest BCUT2D eigenvalue weighted by molar-refractivity contribution is -0.151. The summed E-state index contributed by atoms with van der Waals surface area (Å²) in [6, 6.07) is 1.85. The number of hydrogen-bond donors (Lipinski definition) is 0. The molecule has 0 saturated heterocycles. The minimum absolute atomic E-state index is 0.0602. The Morgan fingerprint density at radius 2 is 1.71 bits per heavy atom. The highest BCUT2D eigenvalue weighted by Gasteiger charge is 2.28. The third-order valence-corrected chi connectivity index (χ3v) is 3.12. The number of esters is 1. The van der Waals surface area contributed by atoms with Crippen molar-refractivity contribution in [2.75, 3.05) is 13.7 Å². The normalized spacial score (nSPS) is 11.1. The molecule has 0 spiro atoms. The molecule has 1 aromatic carbocycles. The van der Waals surface area contributed by atoms with Gasteiger partial charge in [0.1, 0.15) is 0 Å². The zero-order valence-corrected chi connectivity index (χ0v) is 12.5. The predicted octanol–water partition coefficient (Wildman–Crippen LogP) is 3.14. The van der Waals surface area contributed by atoms with E-state index in [9.17, 15) is 18.4 Å². The van der Waals surface area contributed by atoms with Crippen molar-refractivity contribution >= 4 is 11.8 Å². The van der Waals surface area contributed by atoms with Gasteiger partial charge in [-0.2, -0.15) is 0 Å². The largest absolute Gasteiger partial charge is 0.488 e. The average molecular weight is 300 g/mol. The number of ketones is 1. The number of rotatable bonds is 6. The molecule has 21 heavy (non-hydrogen) atoms. The molecule has 1 rings (SSSR count). The molecule has 0 N–H and O–H groups in total. The van der Waals surface area contributed by atoms with Crippen molar-refractivity contribution < 1.29 is 27.8 Å². The minimum atomic E-state index is -0.948. The quantitative estimate of drug-likeness (QED) is 0.598. The Balaban J connectivity index is 2.77. The molecule has 0 amide bonds. The first-order valence-corrected chi connectivity index (χ1v) is 6.40. The lowest BCUT2D eigenvalue weighted by atomic mass is 9.90. The molecule has 0 aromatic heterocycles. The summed E-state index contributed by atoms with van der Waals surface area (Å²) >= 11 is 0. The van der Waals surface area contributed by atoms with Crippen LogP contribution >= 0.6 is 0 Å². The van der Waals surface area contributed by atoms with Gasteiger partial charge >= 0.3 is 5.97 Å². The van der Waals surface area contributed by atoms with Crippen LogP contribution in [0.2, 0.25) is 0 Å². The Bertz CT molecular complexity index is 530. The molecule has 0 unspecified atom stereocenters. The molecule has 4 nitrogen and oxygen atoms in total. The number of ether oxygens (including phenoxy) is 2. The summed E-state index contributed by atoms with van der Waals surface area (Å²) in [7, 11) is 1.27. The summed E-state index contributed by atoms with van der Waals surface area (Å²) < 4.78 is 37.1. The molecule has 0 heterocycles. The molecule has 0 aliphatic carbocycles. The van der Waals surface area contributed by atoms with E-state index in [4.69, 9.17) is 4.74 Å². The average Bonchev–Trinajstić information content (AvgIpc) is 2.40. The standard InChI is InChI=1S/C15H18F2O4/c1-9(18)10-7-11(16)13(12(17)8-10)21-6-5-15(2,3)14(19)20-4/h7-8H,5-6H2,1-4H3. The Labute approximate surface area is 122 Å². The fraction of sp³-hybridized carbons (Fsp3) is 0.467. The molecule has 0 fully saturated rings. The zero-order chi connectivity index (χ0) is 16.2. The lowest BCUT2D eigenvalue weighted by Crippen LogP contribution is -2.27. The third kappa shape index (κ3) is 4.24. The van der Waals surface area contributed by atoms with E-state index in [1.54, 1.807) is 13.8 Å². The first kappa shape index (κ1) is 17.1. The molecule has 6 heteroatoms. The van der Waals surface area contributed by atoms with Crippen molar-refractivity contribution in [2.45, 2.75) is 27.2 Å². The van der Waals surface area contributed by atoms with Crippen LogP contribution in [-0.4, -0.2) is 25.5 Å². The molecular weight excluding hydrogens is 282 g/mol. The van der Waals surface area contributed by atoms with Gasteiger partial charge < -0.3 is 9.47 Å². The molecule has 0 atom stereocenters. The van der Waals surface area contributed by atoms with Gasteiger partial charge in [-0.15, -0.1) is 0 Å². The van der Waals surface area contributed by atoms with E-state index in [1.807, 2.05) is 0 Å². The smallest absolute Gasteiger partial charge is 0.311 e. The van der Waals surface area contributed by atoms with Gasteiger partial charge in [-0.3, -0.25) is 9.59 Å². The zero-order valence-electron chi connectivity index (χ0n) is 12.5. The topological polar surface area (TPSA) is 52.6 Å². The Kier molecular flexibility index (Phi) is 5.41. The summed E-state index contributed by atoms with van der Waals surface area (Å²) in [6.07, 6.45) is 0.229. The molecule has 0 aliphatic heterocycles. The molecule has 0 saturated carbocycles. The van der Waals surface area contributed by atoms with Gasteiger partial charge in [-0.1, -0.05) is 0 Å². The van der Waals surface area contributed by atoms with Gasteiger partial charge in [0.2, 0.25) is 0 Å². The van der Waals surface area contributed by atoms with Gasteiger partial charge in [-0.25, -0.2) is 8.78 Å².